The van der Waals surface area contributed by atoms with Crippen molar-refractivity contribution in [1.29, 1.82) is 0 Å². The third-order valence-electron chi connectivity index (χ3n) is 4.44. The van der Waals surface area contributed by atoms with Crippen LogP contribution in [0.25, 0.3) is 28.6 Å². The molecule has 0 saturated heterocycles. The summed E-state index contributed by atoms with van der Waals surface area (Å²) in [6.07, 6.45) is 4.36. The minimum absolute atomic E-state index is 0.0773. The van der Waals surface area contributed by atoms with Crippen LogP contribution in [0.1, 0.15) is 16.7 Å². The second kappa shape index (κ2) is 7.64. The summed E-state index contributed by atoms with van der Waals surface area (Å²) in [5.41, 5.74) is 2.82. The fourth-order valence-corrected chi connectivity index (χ4v) is 2.93. The molecule has 0 saturated carbocycles. The Hall–Kier alpha value is -3.86. The first kappa shape index (κ1) is 18.5. The van der Waals surface area contributed by atoms with Crippen LogP contribution in [0.4, 0.5) is 0 Å². The Labute approximate surface area is 166 Å². The van der Waals surface area contributed by atoms with Crippen molar-refractivity contribution in [2.75, 3.05) is 0 Å². The molecule has 0 unspecified atom stereocenters. The quantitative estimate of drug-likeness (QED) is 0.352. The molecule has 0 amide bonds. The third-order valence-corrected chi connectivity index (χ3v) is 4.44. The first-order valence-electron chi connectivity index (χ1n) is 9.09. The van der Waals surface area contributed by atoms with Crippen LogP contribution < -0.4 is 10.2 Å². The highest BCUT2D eigenvalue weighted by Gasteiger charge is 2.21. The van der Waals surface area contributed by atoms with Crippen molar-refractivity contribution in [2.24, 2.45) is 0 Å². The lowest BCUT2D eigenvalue weighted by Crippen LogP contribution is -2.14. The number of fused-ring (bicyclic) bond motifs is 1. The molecule has 0 radical (unpaired) electrons. The molecule has 4 rings (SSSR count). The molecule has 0 spiro atoms. The second-order valence-corrected chi connectivity index (χ2v) is 6.73. The second-order valence-electron chi connectivity index (χ2n) is 6.73. The summed E-state index contributed by atoms with van der Waals surface area (Å²) in [6.45, 7) is 3.86. The number of furan rings is 1. The van der Waals surface area contributed by atoms with Crippen LogP contribution in [0.2, 0.25) is 0 Å². The molecule has 0 fully saturated rings. The first-order valence-corrected chi connectivity index (χ1v) is 9.09. The summed E-state index contributed by atoms with van der Waals surface area (Å²) >= 11 is 0. The van der Waals surface area contributed by atoms with Crippen molar-refractivity contribution < 1.29 is 18.4 Å². The van der Waals surface area contributed by atoms with E-state index in [2.05, 4.69) is 0 Å². The smallest absolute Gasteiger partial charge is 0.336 e. The summed E-state index contributed by atoms with van der Waals surface area (Å²) in [7, 11) is 0. The number of hydrogen-bond acceptors (Lipinski definition) is 5. The highest BCUT2D eigenvalue weighted by molar-refractivity contribution is 5.90. The molecular formula is C24H18O5. The van der Waals surface area contributed by atoms with Crippen LogP contribution in [-0.2, 0) is 4.79 Å². The lowest BCUT2D eigenvalue weighted by atomic mass is 10.1. The van der Waals surface area contributed by atoms with E-state index in [1.807, 2.05) is 44.2 Å². The standard InChI is InChI=1S/C24H18O5/c1-15-5-8-17(9-6-15)10-12-21(25)29-24-22(26)18-14-16(2)7-11-19(18)28-23(24)20-4-3-13-27-20/h3-14H,1-2H3/b12-10+. The highest BCUT2D eigenvalue weighted by Crippen LogP contribution is 2.31. The molecule has 0 aliphatic carbocycles. The zero-order valence-electron chi connectivity index (χ0n) is 16.0. The molecule has 5 nitrogen and oxygen atoms in total. The summed E-state index contributed by atoms with van der Waals surface area (Å²) in [5, 5.41) is 0.339. The van der Waals surface area contributed by atoms with E-state index in [4.69, 9.17) is 13.6 Å². The Kier molecular flexibility index (Phi) is 4.87. The van der Waals surface area contributed by atoms with Crippen molar-refractivity contribution in [3.63, 3.8) is 0 Å². The number of aryl methyl sites for hydroxylation is 2. The molecular weight excluding hydrogens is 368 g/mol. The molecule has 144 valence electrons. The number of benzene rings is 2. The minimum atomic E-state index is -0.683. The number of carbonyl (C=O) groups is 1. The Morgan fingerprint density at radius 2 is 1.76 bits per heavy atom. The van der Waals surface area contributed by atoms with E-state index in [9.17, 15) is 9.59 Å². The molecule has 0 bridgehead atoms. The maximum Gasteiger partial charge on any atom is 0.336 e. The van der Waals surface area contributed by atoms with Crippen LogP contribution in [0.15, 0.2) is 80.6 Å². The Bertz CT molecular complexity index is 1260. The largest absolute Gasteiger partial charge is 0.461 e. The first-order chi connectivity index (χ1) is 14.0. The monoisotopic (exact) mass is 386 g/mol. The molecule has 2 heterocycles. The van der Waals surface area contributed by atoms with E-state index in [0.29, 0.717) is 16.7 Å². The van der Waals surface area contributed by atoms with Gasteiger partial charge in [0.25, 0.3) is 0 Å². The van der Waals surface area contributed by atoms with Crippen LogP contribution in [0.3, 0.4) is 0 Å². The summed E-state index contributed by atoms with van der Waals surface area (Å²) in [6, 6.07) is 16.2. The fraction of sp³-hybridized carbons (Fsp3) is 0.0833. The SMILES string of the molecule is Cc1ccc(/C=C/C(=O)Oc2c(-c3ccco3)oc3ccc(C)cc3c2=O)cc1. The molecule has 5 heteroatoms. The Morgan fingerprint density at radius 3 is 2.48 bits per heavy atom. The van der Waals surface area contributed by atoms with Gasteiger partial charge in [-0.25, -0.2) is 4.79 Å². The lowest BCUT2D eigenvalue weighted by molar-refractivity contribution is -0.129. The van der Waals surface area contributed by atoms with Crippen LogP contribution in [-0.4, -0.2) is 5.97 Å². The van der Waals surface area contributed by atoms with Gasteiger partial charge in [-0.2, -0.15) is 0 Å². The van der Waals surface area contributed by atoms with Gasteiger partial charge in [-0.3, -0.25) is 4.79 Å². The predicted molar refractivity (Wildman–Crippen MR) is 111 cm³/mol. The van der Waals surface area contributed by atoms with Crippen LogP contribution in [0.5, 0.6) is 5.75 Å². The van der Waals surface area contributed by atoms with Gasteiger partial charge in [0.05, 0.1) is 11.6 Å². The summed E-state index contributed by atoms with van der Waals surface area (Å²) < 4.78 is 16.6. The van der Waals surface area contributed by atoms with Gasteiger partial charge < -0.3 is 13.6 Å². The van der Waals surface area contributed by atoms with Gasteiger partial charge in [0.15, 0.2) is 5.76 Å². The molecule has 0 N–H and O–H groups in total. The van der Waals surface area contributed by atoms with Crippen molar-refractivity contribution in [3.05, 3.63) is 93.9 Å². The van der Waals surface area contributed by atoms with Crippen molar-refractivity contribution in [2.45, 2.75) is 13.8 Å². The van der Waals surface area contributed by atoms with Gasteiger partial charge in [0, 0.05) is 6.08 Å². The predicted octanol–water partition coefficient (Wildman–Crippen LogP) is 5.29. The van der Waals surface area contributed by atoms with E-state index in [-0.39, 0.29) is 11.5 Å². The van der Waals surface area contributed by atoms with Crippen LogP contribution >= 0.6 is 0 Å². The van der Waals surface area contributed by atoms with Crippen molar-refractivity contribution in [1.82, 2.24) is 0 Å². The third kappa shape index (κ3) is 3.89. The number of ether oxygens (including phenoxy) is 1. The van der Waals surface area contributed by atoms with Gasteiger partial charge in [0.2, 0.25) is 16.9 Å². The molecule has 0 aliphatic heterocycles. The normalized spacial score (nSPS) is 11.2. The number of rotatable bonds is 4. The Balaban J connectivity index is 1.74. The maximum absolute atomic E-state index is 13.0. The summed E-state index contributed by atoms with van der Waals surface area (Å²) in [4.78, 5) is 25.5. The van der Waals surface area contributed by atoms with E-state index >= 15 is 0 Å². The summed E-state index contributed by atoms with van der Waals surface area (Å²) in [5.74, 6) is -0.502. The highest BCUT2D eigenvalue weighted by atomic mass is 16.5. The average molecular weight is 386 g/mol. The van der Waals surface area contributed by atoms with E-state index in [1.54, 1.807) is 30.3 Å². The molecule has 2 aromatic heterocycles. The lowest BCUT2D eigenvalue weighted by Gasteiger charge is -2.08. The van der Waals surface area contributed by atoms with Gasteiger partial charge in [-0.05, 0) is 49.8 Å². The van der Waals surface area contributed by atoms with Crippen molar-refractivity contribution in [3.8, 4) is 17.3 Å². The minimum Gasteiger partial charge on any atom is -0.461 e. The van der Waals surface area contributed by atoms with E-state index < -0.39 is 11.4 Å². The average Bonchev–Trinajstić information content (AvgIpc) is 3.24. The Morgan fingerprint density at radius 1 is 1.00 bits per heavy atom. The number of carbonyl (C=O) groups excluding carboxylic acids is 1. The van der Waals surface area contributed by atoms with Crippen molar-refractivity contribution >= 4 is 23.0 Å². The van der Waals surface area contributed by atoms with E-state index in [1.165, 1.54) is 12.3 Å². The van der Waals surface area contributed by atoms with Gasteiger partial charge in [-0.1, -0.05) is 41.5 Å². The number of esters is 1. The zero-order chi connectivity index (χ0) is 20.4. The van der Waals surface area contributed by atoms with Gasteiger partial charge >= 0.3 is 5.97 Å². The topological polar surface area (TPSA) is 69.7 Å². The van der Waals surface area contributed by atoms with Gasteiger partial charge in [0.1, 0.15) is 5.58 Å². The van der Waals surface area contributed by atoms with E-state index in [0.717, 1.165) is 16.7 Å². The number of hydrogen-bond donors (Lipinski definition) is 0. The molecule has 0 aliphatic rings. The molecule has 4 aromatic rings. The molecule has 29 heavy (non-hydrogen) atoms. The zero-order valence-corrected chi connectivity index (χ0v) is 16.0. The van der Waals surface area contributed by atoms with Gasteiger partial charge in [-0.15, -0.1) is 0 Å². The fourth-order valence-electron chi connectivity index (χ4n) is 2.93. The molecule has 0 atom stereocenters. The van der Waals surface area contributed by atoms with Crippen LogP contribution in [0, 0.1) is 13.8 Å². The molecule has 2 aromatic carbocycles. The maximum atomic E-state index is 13.0.